The molecule has 3 aromatic carbocycles. The first-order chi connectivity index (χ1) is 16.3. The third kappa shape index (κ3) is 4.98. The Kier molecular flexibility index (Phi) is 6.72. The summed E-state index contributed by atoms with van der Waals surface area (Å²) >= 11 is 0. The van der Waals surface area contributed by atoms with Gasteiger partial charge in [-0.15, -0.1) is 0 Å². The molecule has 0 saturated carbocycles. The van der Waals surface area contributed by atoms with E-state index in [2.05, 4.69) is 0 Å². The standard InChI is InChI=1S/C27H23F2NO4/c1-17(31)34-16-20(18-2-7-21(28)8-3-18)6-15-25-26(19-4-13-24(32)14-5-19)30(27(25)33)23-11-9-22(29)10-12-23/h2-14,25-26,32H,15-16H2,1H3. The van der Waals surface area contributed by atoms with Crippen molar-refractivity contribution >= 4 is 23.1 Å². The van der Waals surface area contributed by atoms with Gasteiger partial charge in [0.25, 0.3) is 0 Å². The molecule has 2 unspecified atom stereocenters. The Hall–Kier alpha value is -4.00. The number of amides is 1. The Bertz CT molecular complexity index is 1200. The van der Waals surface area contributed by atoms with E-state index in [9.17, 15) is 23.5 Å². The number of hydrogen-bond donors (Lipinski definition) is 1. The molecule has 0 bridgehead atoms. The first kappa shape index (κ1) is 23.2. The average Bonchev–Trinajstić information content (AvgIpc) is 2.82. The van der Waals surface area contributed by atoms with Gasteiger partial charge >= 0.3 is 5.97 Å². The van der Waals surface area contributed by atoms with E-state index in [1.807, 2.05) is 6.08 Å². The summed E-state index contributed by atoms with van der Waals surface area (Å²) in [7, 11) is 0. The first-order valence-electron chi connectivity index (χ1n) is 10.8. The number of phenolic OH excluding ortho intramolecular Hbond substituents is 1. The Labute approximate surface area is 195 Å². The van der Waals surface area contributed by atoms with Gasteiger partial charge in [-0.25, -0.2) is 8.78 Å². The fourth-order valence-corrected chi connectivity index (χ4v) is 4.09. The number of β-lactam (4-membered cyclic amide) rings is 1. The van der Waals surface area contributed by atoms with E-state index in [1.54, 1.807) is 53.4 Å². The molecule has 1 heterocycles. The highest BCUT2D eigenvalue weighted by molar-refractivity contribution is 6.03. The summed E-state index contributed by atoms with van der Waals surface area (Å²) in [6.07, 6.45) is 2.17. The highest BCUT2D eigenvalue weighted by Crippen LogP contribution is 2.45. The van der Waals surface area contributed by atoms with Gasteiger partial charge in [0.2, 0.25) is 5.91 Å². The largest absolute Gasteiger partial charge is 0.508 e. The number of nitrogens with zero attached hydrogens (tertiary/aromatic N) is 1. The summed E-state index contributed by atoms with van der Waals surface area (Å²) in [4.78, 5) is 26.1. The van der Waals surface area contributed by atoms with Gasteiger partial charge in [-0.2, -0.15) is 0 Å². The molecule has 0 aliphatic carbocycles. The Morgan fingerprint density at radius 1 is 0.971 bits per heavy atom. The van der Waals surface area contributed by atoms with Crippen molar-refractivity contribution < 1.29 is 28.2 Å². The van der Waals surface area contributed by atoms with Crippen LogP contribution in [0.1, 0.15) is 30.5 Å². The van der Waals surface area contributed by atoms with Crippen LogP contribution in [0.5, 0.6) is 5.75 Å². The van der Waals surface area contributed by atoms with Crippen LogP contribution in [0.3, 0.4) is 0 Å². The minimum Gasteiger partial charge on any atom is -0.508 e. The number of ether oxygens (including phenoxy) is 1. The summed E-state index contributed by atoms with van der Waals surface area (Å²) in [6.45, 7) is 1.30. The smallest absolute Gasteiger partial charge is 0.302 e. The van der Waals surface area contributed by atoms with Crippen LogP contribution in [0.4, 0.5) is 14.5 Å². The summed E-state index contributed by atoms with van der Waals surface area (Å²) in [5.74, 6) is -1.68. The second kappa shape index (κ2) is 9.87. The lowest BCUT2D eigenvalue weighted by Crippen LogP contribution is -2.55. The maximum Gasteiger partial charge on any atom is 0.302 e. The van der Waals surface area contributed by atoms with E-state index < -0.39 is 17.7 Å². The molecule has 7 heteroatoms. The zero-order valence-corrected chi connectivity index (χ0v) is 18.4. The van der Waals surface area contributed by atoms with Crippen molar-refractivity contribution in [2.45, 2.75) is 19.4 Å². The molecule has 1 saturated heterocycles. The number of esters is 1. The van der Waals surface area contributed by atoms with Crippen LogP contribution < -0.4 is 4.90 Å². The van der Waals surface area contributed by atoms with E-state index in [1.165, 1.54) is 31.2 Å². The number of rotatable bonds is 7. The first-order valence-corrected chi connectivity index (χ1v) is 10.8. The Morgan fingerprint density at radius 3 is 2.15 bits per heavy atom. The number of carbonyl (C=O) groups is 2. The molecular weight excluding hydrogens is 440 g/mol. The number of hydrogen-bond acceptors (Lipinski definition) is 4. The lowest BCUT2D eigenvalue weighted by atomic mass is 9.79. The average molecular weight is 463 g/mol. The van der Waals surface area contributed by atoms with Crippen molar-refractivity contribution in [2.24, 2.45) is 5.92 Å². The fraction of sp³-hybridized carbons (Fsp3) is 0.185. The number of aromatic hydroxyl groups is 1. The molecule has 1 aliphatic rings. The summed E-state index contributed by atoms with van der Waals surface area (Å²) in [6, 6.07) is 17.8. The second-order valence-corrected chi connectivity index (χ2v) is 8.08. The maximum atomic E-state index is 13.4. The van der Waals surface area contributed by atoms with Crippen molar-refractivity contribution in [1.82, 2.24) is 0 Å². The Morgan fingerprint density at radius 2 is 1.56 bits per heavy atom. The molecule has 2 atom stereocenters. The highest BCUT2D eigenvalue weighted by atomic mass is 19.1. The maximum absolute atomic E-state index is 13.4. The molecule has 3 aromatic rings. The van der Waals surface area contributed by atoms with Gasteiger partial charge in [0.1, 0.15) is 24.0 Å². The molecule has 0 radical (unpaired) electrons. The summed E-state index contributed by atoms with van der Waals surface area (Å²) in [5.41, 5.74) is 2.74. The van der Waals surface area contributed by atoms with E-state index in [-0.39, 0.29) is 30.1 Å². The minimum absolute atomic E-state index is 0.00652. The molecule has 174 valence electrons. The van der Waals surface area contributed by atoms with Gasteiger partial charge in [-0.1, -0.05) is 30.3 Å². The molecule has 1 amide bonds. The van der Waals surface area contributed by atoms with Gasteiger partial charge in [0, 0.05) is 12.6 Å². The Balaban J connectivity index is 1.64. The summed E-state index contributed by atoms with van der Waals surface area (Å²) < 4.78 is 32.0. The number of halogens is 2. The fourth-order valence-electron chi connectivity index (χ4n) is 4.09. The van der Waals surface area contributed by atoms with Crippen molar-refractivity contribution in [3.63, 3.8) is 0 Å². The van der Waals surface area contributed by atoms with Crippen LogP contribution in [0.15, 0.2) is 78.9 Å². The van der Waals surface area contributed by atoms with Gasteiger partial charge in [0.15, 0.2) is 0 Å². The normalized spacial score (nSPS) is 17.9. The topological polar surface area (TPSA) is 66.8 Å². The van der Waals surface area contributed by atoms with E-state index in [0.29, 0.717) is 23.2 Å². The number of benzene rings is 3. The number of anilines is 1. The monoisotopic (exact) mass is 463 g/mol. The highest BCUT2D eigenvalue weighted by Gasteiger charge is 2.48. The lowest BCUT2D eigenvalue weighted by molar-refractivity contribution is -0.139. The second-order valence-electron chi connectivity index (χ2n) is 8.08. The lowest BCUT2D eigenvalue weighted by Gasteiger charge is -2.47. The van der Waals surface area contributed by atoms with Crippen LogP contribution in [-0.2, 0) is 14.3 Å². The number of allylic oxidation sites excluding steroid dienone is 1. The van der Waals surface area contributed by atoms with Gasteiger partial charge < -0.3 is 14.7 Å². The number of phenols is 1. The zero-order valence-electron chi connectivity index (χ0n) is 18.4. The minimum atomic E-state index is -0.447. The van der Waals surface area contributed by atoms with E-state index in [0.717, 1.165) is 5.56 Å². The molecule has 0 aromatic heterocycles. The van der Waals surface area contributed by atoms with Crippen molar-refractivity contribution in [2.75, 3.05) is 11.5 Å². The molecule has 1 aliphatic heterocycles. The van der Waals surface area contributed by atoms with Gasteiger partial charge in [-0.05, 0) is 71.7 Å². The van der Waals surface area contributed by atoms with Crippen LogP contribution in [0.2, 0.25) is 0 Å². The molecule has 1 N–H and O–H groups in total. The predicted octanol–water partition coefficient (Wildman–Crippen LogP) is 5.41. The third-order valence-electron chi connectivity index (χ3n) is 5.82. The van der Waals surface area contributed by atoms with Crippen LogP contribution >= 0.6 is 0 Å². The molecule has 5 nitrogen and oxygen atoms in total. The molecule has 4 rings (SSSR count). The van der Waals surface area contributed by atoms with Gasteiger partial charge in [0.05, 0.1) is 12.0 Å². The van der Waals surface area contributed by atoms with Gasteiger partial charge in [-0.3, -0.25) is 9.59 Å². The quantitative estimate of drug-likeness (QED) is 0.376. The molecular formula is C27H23F2NO4. The van der Waals surface area contributed by atoms with E-state index >= 15 is 0 Å². The van der Waals surface area contributed by atoms with Crippen molar-refractivity contribution in [3.05, 3.63) is 102 Å². The SMILES string of the molecule is CC(=O)OCC(=CCC1C(=O)N(c2ccc(F)cc2)C1c1ccc(O)cc1)c1ccc(F)cc1. The van der Waals surface area contributed by atoms with E-state index in [4.69, 9.17) is 4.74 Å². The van der Waals surface area contributed by atoms with Crippen LogP contribution in [-0.4, -0.2) is 23.6 Å². The summed E-state index contributed by atoms with van der Waals surface area (Å²) in [5, 5.41) is 9.69. The number of carbonyl (C=O) groups excluding carboxylic acids is 2. The zero-order chi connectivity index (χ0) is 24.2. The van der Waals surface area contributed by atoms with Crippen molar-refractivity contribution in [1.29, 1.82) is 0 Å². The third-order valence-corrected chi connectivity index (χ3v) is 5.82. The van der Waals surface area contributed by atoms with Crippen LogP contribution in [0.25, 0.3) is 5.57 Å². The molecule has 34 heavy (non-hydrogen) atoms. The molecule has 0 spiro atoms. The predicted molar refractivity (Wildman–Crippen MR) is 124 cm³/mol. The van der Waals surface area contributed by atoms with Crippen LogP contribution in [0, 0.1) is 17.6 Å². The van der Waals surface area contributed by atoms with Crippen molar-refractivity contribution in [3.8, 4) is 5.75 Å². The molecule has 1 fully saturated rings.